The number of benzene rings is 1. The number of morpholine rings is 1. The van der Waals surface area contributed by atoms with Crippen LogP contribution >= 0.6 is 11.8 Å². The van der Waals surface area contributed by atoms with E-state index in [1.165, 1.54) is 41.6 Å². The van der Waals surface area contributed by atoms with Crippen LogP contribution in [0.5, 0.6) is 0 Å². The number of alkyl halides is 3. The van der Waals surface area contributed by atoms with E-state index in [0.717, 1.165) is 4.90 Å². The summed E-state index contributed by atoms with van der Waals surface area (Å²) in [6, 6.07) is 6.05. The van der Waals surface area contributed by atoms with Gasteiger partial charge in [-0.3, -0.25) is 14.6 Å². The minimum absolute atomic E-state index is 0.0238. The number of amides is 4. The second kappa shape index (κ2) is 9.50. The lowest BCUT2D eigenvalue weighted by Crippen LogP contribution is -2.44. The highest BCUT2D eigenvalue weighted by atomic mass is 32.2. The number of ether oxygens (including phenoxy) is 1. The predicted octanol–water partition coefficient (Wildman–Crippen LogP) is 3.91. The summed E-state index contributed by atoms with van der Waals surface area (Å²) < 4.78 is 43.2. The highest BCUT2D eigenvalue weighted by molar-refractivity contribution is 8.00. The number of anilines is 1. The molecule has 0 saturated carbocycles. The van der Waals surface area contributed by atoms with Crippen LogP contribution in [0.25, 0.3) is 0 Å². The SMILES string of the molecule is CC1(C)C(=O)N(c2ccc(SC(F)(F)F)cc2)C(=O)N1Cc1ccncc1C(=O)N1CCOCC1. The van der Waals surface area contributed by atoms with Gasteiger partial charge in [0.05, 0.1) is 24.5 Å². The van der Waals surface area contributed by atoms with Gasteiger partial charge >= 0.3 is 11.5 Å². The number of hydrogen-bond acceptors (Lipinski definition) is 6. The number of halogens is 3. The van der Waals surface area contributed by atoms with Gasteiger partial charge in [0.25, 0.3) is 11.8 Å². The van der Waals surface area contributed by atoms with Gasteiger partial charge in [-0.15, -0.1) is 0 Å². The summed E-state index contributed by atoms with van der Waals surface area (Å²) in [7, 11) is 0. The number of thioether (sulfide) groups is 1. The molecule has 12 heteroatoms. The molecule has 0 radical (unpaired) electrons. The molecule has 1 aromatic carbocycles. The molecule has 2 aliphatic heterocycles. The highest BCUT2D eigenvalue weighted by Crippen LogP contribution is 2.39. The van der Waals surface area contributed by atoms with E-state index in [1.807, 2.05) is 0 Å². The normalized spacial score (nSPS) is 18.4. The van der Waals surface area contributed by atoms with Crippen molar-refractivity contribution in [2.75, 3.05) is 31.2 Å². The molecule has 0 unspecified atom stereocenters. The van der Waals surface area contributed by atoms with E-state index in [0.29, 0.717) is 37.4 Å². The third kappa shape index (κ3) is 5.13. The van der Waals surface area contributed by atoms with Gasteiger partial charge in [0.1, 0.15) is 5.54 Å². The summed E-state index contributed by atoms with van der Waals surface area (Å²) >= 11 is -0.277. The maximum absolute atomic E-state index is 13.4. The van der Waals surface area contributed by atoms with Crippen molar-refractivity contribution in [3.63, 3.8) is 0 Å². The molecule has 186 valence electrons. The largest absolute Gasteiger partial charge is 0.446 e. The Labute approximate surface area is 204 Å². The van der Waals surface area contributed by atoms with Crippen LogP contribution in [0.4, 0.5) is 23.7 Å². The number of imide groups is 1. The highest BCUT2D eigenvalue weighted by Gasteiger charge is 2.52. The summed E-state index contributed by atoms with van der Waals surface area (Å²) in [6.07, 6.45) is 2.95. The molecule has 0 aliphatic carbocycles. The van der Waals surface area contributed by atoms with Crippen LogP contribution in [-0.4, -0.2) is 70.0 Å². The molecule has 4 amide bonds. The van der Waals surface area contributed by atoms with Crippen molar-refractivity contribution in [1.82, 2.24) is 14.8 Å². The van der Waals surface area contributed by atoms with Crippen molar-refractivity contribution >= 4 is 35.3 Å². The molecule has 1 aromatic heterocycles. The first kappa shape index (κ1) is 25.0. The van der Waals surface area contributed by atoms with E-state index in [1.54, 1.807) is 24.8 Å². The van der Waals surface area contributed by atoms with Gasteiger partial charge in [0, 0.05) is 36.9 Å². The first-order chi connectivity index (χ1) is 16.5. The quantitative estimate of drug-likeness (QED) is 0.450. The summed E-state index contributed by atoms with van der Waals surface area (Å²) in [5, 5.41) is 0. The maximum atomic E-state index is 13.4. The molecule has 2 fully saturated rings. The van der Waals surface area contributed by atoms with Crippen molar-refractivity contribution in [3.8, 4) is 0 Å². The zero-order chi connectivity index (χ0) is 25.4. The Bertz CT molecular complexity index is 1130. The average molecular weight is 509 g/mol. The molecule has 2 saturated heterocycles. The molecule has 3 heterocycles. The Morgan fingerprint density at radius 3 is 2.40 bits per heavy atom. The summed E-state index contributed by atoms with van der Waals surface area (Å²) in [5.41, 5.74) is -4.66. The van der Waals surface area contributed by atoms with E-state index in [4.69, 9.17) is 4.74 Å². The van der Waals surface area contributed by atoms with Crippen LogP contribution in [0.3, 0.4) is 0 Å². The van der Waals surface area contributed by atoms with E-state index in [9.17, 15) is 27.6 Å². The lowest BCUT2D eigenvalue weighted by molar-refractivity contribution is -0.123. The molecule has 8 nitrogen and oxygen atoms in total. The second-order valence-electron chi connectivity index (χ2n) is 8.55. The molecule has 0 bridgehead atoms. The van der Waals surface area contributed by atoms with Crippen molar-refractivity contribution in [3.05, 3.63) is 53.9 Å². The number of pyridine rings is 1. The minimum Gasteiger partial charge on any atom is -0.378 e. The molecule has 4 rings (SSSR count). The fourth-order valence-corrected chi connectivity index (χ4v) is 4.53. The van der Waals surface area contributed by atoms with Crippen LogP contribution in [0.2, 0.25) is 0 Å². The molecule has 35 heavy (non-hydrogen) atoms. The Morgan fingerprint density at radius 2 is 1.77 bits per heavy atom. The number of hydrogen-bond donors (Lipinski definition) is 0. The first-order valence-electron chi connectivity index (χ1n) is 10.8. The Balaban J connectivity index is 1.58. The van der Waals surface area contributed by atoms with Crippen molar-refractivity contribution in [2.24, 2.45) is 0 Å². The van der Waals surface area contributed by atoms with Crippen molar-refractivity contribution in [2.45, 2.75) is 36.3 Å². The van der Waals surface area contributed by atoms with Crippen LogP contribution in [0.1, 0.15) is 29.8 Å². The number of aromatic nitrogens is 1. The van der Waals surface area contributed by atoms with Gasteiger partial charge in [-0.25, -0.2) is 9.69 Å². The van der Waals surface area contributed by atoms with Gasteiger partial charge in [-0.1, -0.05) is 0 Å². The smallest absolute Gasteiger partial charge is 0.378 e. The maximum Gasteiger partial charge on any atom is 0.446 e. The molecule has 2 aliphatic rings. The molecule has 0 atom stereocenters. The number of urea groups is 1. The molecule has 0 N–H and O–H groups in total. The second-order valence-corrected chi connectivity index (χ2v) is 9.69. The lowest BCUT2D eigenvalue weighted by atomic mass is 10.0. The van der Waals surface area contributed by atoms with Gasteiger partial charge < -0.3 is 14.5 Å². The van der Waals surface area contributed by atoms with Gasteiger partial charge in [-0.05, 0) is 61.5 Å². The standard InChI is InChI=1S/C23H23F3N4O4S/c1-22(2)20(32)30(16-3-5-17(6-4-16)35-23(24,25)26)21(33)29(22)14-15-7-8-27-13-18(15)19(31)28-9-11-34-12-10-28/h3-8,13H,9-12,14H2,1-2H3. The van der Waals surface area contributed by atoms with E-state index < -0.39 is 23.0 Å². The Kier molecular flexibility index (Phi) is 6.78. The summed E-state index contributed by atoms with van der Waals surface area (Å²) in [5.74, 6) is -0.754. The first-order valence-corrected chi connectivity index (χ1v) is 11.6. The zero-order valence-corrected chi connectivity index (χ0v) is 19.9. The zero-order valence-electron chi connectivity index (χ0n) is 19.0. The number of carbonyl (C=O) groups is 3. The van der Waals surface area contributed by atoms with Gasteiger partial charge in [0.2, 0.25) is 0 Å². The molecular formula is C23H23F3N4O4S. The monoisotopic (exact) mass is 508 g/mol. The summed E-state index contributed by atoms with van der Waals surface area (Å²) in [4.78, 5) is 47.6. The number of nitrogens with zero attached hydrogens (tertiary/aromatic N) is 4. The van der Waals surface area contributed by atoms with Gasteiger partial charge in [0.15, 0.2) is 0 Å². The topological polar surface area (TPSA) is 83.1 Å². The molecule has 0 spiro atoms. The third-order valence-corrected chi connectivity index (χ3v) is 6.66. The summed E-state index contributed by atoms with van der Waals surface area (Å²) in [6.45, 7) is 4.90. The third-order valence-electron chi connectivity index (χ3n) is 5.92. The van der Waals surface area contributed by atoms with E-state index in [-0.39, 0.29) is 34.8 Å². The lowest BCUT2D eigenvalue weighted by Gasteiger charge is -2.30. The van der Waals surface area contributed by atoms with Crippen LogP contribution in [0.15, 0.2) is 47.6 Å². The van der Waals surface area contributed by atoms with Crippen molar-refractivity contribution < 1.29 is 32.3 Å². The minimum atomic E-state index is -4.44. The Hall–Kier alpha value is -3.12. The Morgan fingerprint density at radius 1 is 1.11 bits per heavy atom. The average Bonchev–Trinajstić information content (AvgIpc) is 2.98. The van der Waals surface area contributed by atoms with Crippen LogP contribution in [-0.2, 0) is 16.1 Å². The van der Waals surface area contributed by atoms with Crippen LogP contribution < -0.4 is 4.90 Å². The molecule has 2 aromatic rings. The molecular weight excluding hydrogens is 485 g/mol. The fourth-order valence-electron chi connectivity index (χ4n) is 3.99. The van der Waals surface area contributed by atoms with Gasteiger partial charge in [-0.2, -0.15) is 13.2 Å². The van der Waals surface area contributed by atoms with E-state index >= 15 is 0 Å². The number of carbonyl (C=O) groups excluding carboxylic acids is 3. The predicted molar refractivity (Wildman–Crippen MR) is 122 cm³/mol. The number of rotatable bonds is 5. The van der Waals surface area contributed by atoms with Crippen molar-refractivity contribution in [1.29, 1.82) is 0 Å². The fraction of sp³-hybridized carbons (Fsp3) is 0.391. The van der Waals surface area contributed by atoms with E-state index in [2.05, 4.69) is 4.98 Å². The van der Waals surface area contributed by atoms with Crippen LogP contribution in [0, 0.1) is 0 Å².